The molecule has 1 saturated heterocycles. The lowest BCUT2D eigenvalue weighted by molar-refractivity contribution is -0.178. The van der Waals surface area contributed by atoms with Gasteiger partial charge in [-0.25, -0.2) is 9.97 Å². The lowest BCUT2D eigenvalue weighted by Gasteiger charge is -2.35. The Balaban J connectivity index is 1.35. The first-order valence-corrected chi connectivity index (χ1v) is 12.6. The quantitative estimate of drug-likeness (QED) is 0.337. The topological polar surface area (TPSA) is 79.5 Å². The van der Waals surface area contributed by atoms with Gasteiger partial charge in [0.05, 0.1) is 29.1 Å². The average Bonchev–Trinajstić information content (AvgIpc) is 3.46. The molecule has 2 N–H and O–H groups in total. The van der Waals surface area contributed by atoms with E-state index in [0.717, 1.165) is 52.8 Å². The van der Waals surface area contributed by atoms with Crippen molar-refractivity contribution in [3.63, 3.8) is 0 Å². The van der Waals surface area contributed by atoms with Crippen LogP contribution in [0.2, 0.25) is 5.02 Å². The van der Waals surface area contributed by atoms with Gasteiger partial charge in [-0.05, 0) is 43.0 Å². The smallest absolute Gasteiger partial charge is 0.168 e. The van der Waals surface area contributed by atoms with E-state index in [1.807, 2.05) is 48.5 Å². The molecule has 8 heteroatoms. The molecule has 1 aliphatic carbocycles. The van der Waals surface area contributed by atoms with Crippen molar-refractivity contribution in [2.75, 3.05) is 18.9 Å². The van der Waals surface area contributed by atoms with Gasteiger partial charge in [0, 0.05) is 34.2 Å². The molecular formula is C26H24ClN3O3S. The van der Waals surface area contributed by atoms with Crippen LogP contribution in [-0.4, -0.2) is 29.0 Å². The summed E-state index contributed by atoms with van der Waals surface area (Å²) < 4.78 is 17.8. The summed E-state index contributed by atoms with van der Waals surface area (Å²) in [4.78, 5) is 11.1. The fourth-order valence-electron chi connectivity index (χ4n) is 4.96. The van der Waals surface area contributed by atoms with E-state index in [1.165, 1.54) is 4.88 Å². The lowest BCUT2D eigenvalue weighted by atomic mass is 9.84. The SMILES string of the molecule is Nc1ncnc2c(C3CCC4(CC3)OCCO4)sc(-c3ccc(Oc4ccccc4)cc3Cl)c12. The molecule has 0 amide bonds. The van der Waals surface area contributed by atoms with Gasteiger partial charge >= 0.3 is 0 Å². The summed E-state index contributed by atoms with van der Waals surface area (Å²) in [6.07, 6.45) is 5.29. The van der Waals surface area contributed by atoms with Crippen LogP contribution in [0.25, 0.3) is 21.3 Å². The Morgan fingerprint density at radius 3 is 2.50 bits per heavy atom. The monoisotopic (exact) mass is 493 g/mol. The first kappa shape index (κ1) is 21.8. The number of benzene rings is 2. The number of nitrogens with zero attached hydrogens (tertiary/aromatic N) is 2. The molecule has 4 aromatic rings. The number of nitrogen functional groups attached to an aromatic ring is 1. The molecule has 174 valence electrons. The van der Waals surface area contributed by atoms with Crippen LogP contribution in [0.4, 0.5) is 5.82 Å². The number of aromatic nitrogens is 2. The number of hydrogen-bond donors (Lipinski definition) is 1. The van der Waals surface area contributed by atoms with Crippen LogP contribution in [0.1, 0.15) is 36.5 Å². The van der Waals surface area contributed by atoms with E-state index in [-0.39, 0.29) is 0 Å². The van der Waals surface area contributed by atoms with Gasteiger partial charge in [0.25, 0.3) is 0 Å². The number of rotatable bonds is 4. The van der Waals surface area contributed by atoms with E-state index in [4.69, 9.17) is 31.5 Å². The van der Waals surface area contributed by atoms with Crippen LogP contribution in [0.15, 0.2) is 54.9 Å². The van der Waals surface area contributed by atoms with E-state index < -0.39 is 5.79 Å². The van der Waals surface area contributed by atoms with Gasteiger partial charge in [-0.15, -0.1) is 11.3 Å². The summed E-state index contributed by atoms with van der Waals surface area (Å²) in [5.41, 5.74) is 8.18. The van der Waals surface area contributed by atoms with Crippen LogP contribution in [0.3, 0.4) is 0 Å². The van der Waals surface area contributed by atoms with Gasteiger partial charge in [-0.1, -0.05) is 29.8 Å². The number of thiophene rings is 1. The summed E-state index contributed by atoms with van der Waals surface area (Å²) >= 11 is 8.48. The third-order valence-electron chi connectivity index (χ3n) is 6.64. The Hall–Kier alpha value is -2.71. The highest BCUT2D eigenvalue weighted by atomic mass is 35.5. The molecule has 34 heavy (non-hydrogen) atoms. The van der Waals surface area contributed by atoms with Crippen molar-refractivity contribution in [1.29, 1.82) is 0 Å². The van der Waals surface area contributed by atoms with Gasteiger partial charge in [-0.2, -0.15) is 0 Å². The van der Waals surface area contributed by atoms with Gasteiger partial charge < -0.3 is 19.9 Å². The highest BCUT2D eigenvalue weighted by Crippen LogP contribution is 2.50. The molecule has 2 fully saturated rings. The molecule has 1 spiro atoms. The van der Waals surface area contributed by atoms with E-state index in [1.54, 1.807) is 17.7 Å². The van der Waals surface area contributed by atoms with Crippen LogP contribution in [0, 0.1) is 0 Å². The Labute approximate surface area is 206 Å². The van der Waals surface area contributed by atoms with Gasteiger partial charge in [-0.3, -0.25) is 0 Å². The molecule has 2 aromatic heterocycles. The first-order chi connectivity index (χ1) is 16.6. The van der Waals surface area contributed by atoms with Crippen molar-refractivity contribution < 1.29 is 14.2 Å². The fourth-order valence-corrected chi connectivity index (χ4v) is 6.75. The standard InChI is InChI=1S/C26H24ClN3O3S/c27-20-14-18(33-17-4-2-1-3-5-17)6-7-19(20)24-21-22(29-15-30-25(21)28)23(34-24)16-8-10-26(11-9-16)31-12-13-32-26/h1-7,14-16H,8-13H2,(H2,28,29,30). The van der Waals surface area contributed by atoms with Crippen molar-refractivity contribution in [2.24, 2.45) is 0 Å². The molecule has 3 heterocycles. The summed E-state index contributed by atoms with van der Waals surface area (Å²) in [5, 5.41) is 1.47. The zero-order valence-electron chi connectivity index (χ0n) is 18.5. The average molecular weight is 494 g/mol. The van der Waals surface area contributed by atoms with Gasteiger partial charge in [0.1, 0.15) is 23.6 Å². The summed E-state index contributed by atoms with van der Waals surface area (Å²) in [7, 11) is 0. The van der Waals surface area contributed by atoms with E-state index in [9.17, 15) is 0 Å². The molecule has 0 unspecified atom stereocenters. The minimum atomic E-state index is -0.391. The minimum absolute atomic E-state index is 0.369. The zero-order valence-corrected chi connectivity index (χ0v) is 20.1. The van der Waals surface area contributed by atoms with Crippen molar-refractivity contribution in [2.45, 2.75) is 37.4 Å². The minimum Gasteiger partial charge on any atom is -0.457 e. The van der Waals surface area contributed by atoms with Crippen LogP contribution >= 0.6 is 22.9 Å². The third kappa shape index (κ3) is 3.92. The van der Waals surface area contributed by atoms with Crippen LogP contribution in [0.5, 0.6) is 11.5 Å². The highest BCUT2D eigenvalue weighted by Gasteiger charge is 2.41. The molecular weight excluding hydrogens is 470 g/mol. The molecule has 0 radical (unpaired) electrons. The Kier molecular flexibility index (Phi) is 5.65. The molecule has 2 aliphatic rings. The maximum atomic E-state index is 6.77. The lowest BCUT2D eigenvalue weighted by Crippen LogP contribution is -2.34. The molecule has 0 atom stereocenters. The molecule has 2 aromatic carbocycles. The molecule has 1 saturated carbocycles. The maximum Gasteiger partial charge on any atom is 0.168 e. The van der Waals surface area contributed by atoms with E-state index in [2.05, 4.69) is 9.97 Å². The van der Waals surface area contributed by atoms with Crippen LogP contribution in [-0.2, 0) is 9.47 Å². The predicted octanol–water partition coefficient (Wildman–Crippen LogP) is 6.79. The fraction of sp³-hybridized carbons (Fsp3) is 0.308. The number of hydrogen-bond acceptors (Lipinski definition) is 7. The molecule has 0 bridgehead atoms. The van der Waals surface area contributed by atoms with Crippen molar-refractivity contribution in [1.82, 2.24) is 9.97 Å². The summed E-state index contributed by atoms with van der Waals surface area (Å²) in [5.74, 6) is 1.89. The second kappa shape index (κ2) is 8.82. The number of ether oxygens (including phenoxy) is 3. The number of para-hydroxylation sites is 1. The number of halogens is 1. The number of nitrogens with two attached hydrogens (primary N) is 1. The van der Waals surface area contributed by atoms with Crippen molar-refractivity contribution in [3.8, 4) is 21.9 Å². The second-order valence-electron chi connectivity index (χ2n) is 8.72. The Morgan fingerprint density at radius 1 is 1.00 bits per heavy atom. The largest absolute Gasteiger partial charge is 0.457 e. The Bertz CT molecular complexity index is 1330. The summed E-state index contributed by atoms with van der Waals surface area (Å²) in [6, 6.07) is 15.4. The van der Waals surface area contributed by atoms with Crippen molar-refractivity contribution >= 4 is 39.7 Å². The van der Waals surface area contributed by atoms with Crippen molar-refractivity contribution in [3.05, 3.63) is 64.8 Å². The van der Waals surface area contributed by atoms with E-state index in [0.29, 0.717) is 35.7 Å². The highest BCUT2D eigenvalue weighted by molar-refractivity contribution is 7.17. The number of anilines is 1. The third-order valence-corrected chi connectivity index (χ3v) is 8.33. The predicted molar refractivity (Wildman–Crippen MR) is 135 cm³/mol. The zero-order chi connectivity index (χ0) is 23.1. The molecule has 6 nitrogen and oxygen atoms in total. The first-order valence-electron chi connectivity index (χ1n) is 11.5. The van der Waals surface area contributed by atoms with E-state index >= 15 is 0 Å². The van der Waals surface area contributed by atoms with Gasteiger partial charge in [0.2, 0.25) is 0 Å². The Morgan fingerprint density at radius 2 is 1.76 bits per heavy atom. The summed E-state index contributed by atoms with van der Waals surface area (Å²) in [6.45, 7) is 1.37. The molecule has 1 aliphatic heterocycles. The number of fused-ring (bicyclic) bond motifs is 1. The molecule has 6 rings (SSSR count). The maximum absolute atomic E-state index is 6.77. The van der Waals surface area contributed by atoms with Gasteiger partial charge in [0.15, 0.2) is 5.79 Å². The second-order valence-corrected chi connectivity index (χ2v) is 10.2. The normalized spacial score (nSPS) is 18.0. The van der Waals surface area contributed by atoms with Crippen LogP contribution < -0.4 is 10.5 Å².